The van der Waals surface area contributed by atoms with E-state index in [1.54, 1.807) is 31.2 Å². The third kappa shape index (κ3) is 4.65. The lowest BCUT2D eigenvalue weighted by Crippen LogP contribution is -2.51. The number of ether oxygens (including phenoxy) is 2. The van der Waals surface area contributed by atoms with Crippen molar-refractivity contribution < 1.29 is 31.9 Å². The van der Waals surface area contributed by atoms with Crippen LogP contribution in [0.25, 0.3) is 11.3 Å². The number of amides is 2. The molecule has 2 amide bonds. The van der Waals surface area contributed by atoms with Gasteiger partial charge in [-0.2, -0.15) is 4.31 Å². The van der Waals surface area contributed by atoms with Crippen LogP contribution in [0.4, 0.5) is 4.79 Å². The minimum atomic E-state index is -3.60. The second-order valence-electron chi connectivity index (χ2n) is 7.57. The van der Waals surface area contributed by atoms with Gasteiger partial charge in [0.05, 0.1) is 24.7 Å². The van der Waals surface area contributed by atoms with Gasteiger partial charge in [0.1, 0.15) is 23.5 Å². The molecule has 2 aliphatic heterocycles. The molecule has 2 N–H and O–H groups in total. The van der Waals surface area contributed by atoms with E-state index in [0.29, 0.717) is 43.4 Å². The molecule has 2 atom stereocenters. The van der Waals surface area contributed by atoms with Crippen molar-refractivity contribution in [1.82, 2.24) is 14.9 Å². The number of esters is 1. The average Bonchev–Trinajstić information content (AvgIpc) is 3.29. The fourth-order valence-electron chi connectivity index (χ4n) is 3.83. The summed E-state index contributed by atoms with van der Waals surface area (Å²) in [6, 6.07) is 8.41. The molecule has 2 saturated heterocycles. The number of carbonyl (C=O) groups excluding carboxylic acids is 2. The first-order chi connectivity index (χ1) is 15.8. The molecule has 176 valence electrons. The summed E-state index contributed by atoms with van der Waals surface area (Å²) in [6.45, 7) is 7.05. The number of sulfonamides is 1. The van der Waals surface area contributed by atoms with Crippen LogP contribution in [0.5, 0.6) is 0 Å². The van der Waals surface area contributed by atoms with Gasteiger partial charge in [-0.25, -0.2) is 13.2 Å². The molecule has 10 nitrogen and oxygen atoms in total. The van der Waals surface area contributed by atoms with Crippen LogP contribution in [0.2, 0.25) is 0 Å². The van der Waals surface area contributed by atoms with Crippen LogP contribution in [0.1, 0.15) is 18.7 Å². The second-order valence-corrected chi connectivity index (χ2v) is 9.51. The fraction of sp³-hybridized carbons (Fsp3) is 0.364. The Morgan fingerprint density at radius 3 is 2.55 bits per heavy atom. The number of urea groups is 1. The van der Waals surface area contributed by atoms with Gasteiger partial charge in [-0.1, -0.05) is 6.58 Å². The van der Waals surface area contributed by atoms with E-state index in [4.69, 9.17) is 13.9 Å². The number of hydrogen-bond donors (Lipinski definition) is 2. The van der Waals surface area contributed by atoms with Crippen molar-refractivity contribution >= 4 is 22.0 Å². The first-order valence-corrected chi connectivity index (χ1v) is 12.0. The number of carbonyl (C=O) groups is 2. The highest BCUT2D eigenvalue weighted by Crippen LogP contribution is 2.34. The Labute approximate surface area is 191 Å². The molecule has 1 aromatic carbocycles. The van der Waals surface area contributed by atoms with E-state index >= 15 is 0 Å². The van der Waals surface area contributed by atoms with Crippen molar-refractivity contribution in [1.29, 1.82) is 0 Å². The summed E-state index contributed by atoms with van der Waals surface area (Å²) < 4.78 is 43.3. The molecule has 0 radical (unpaired) electrons. The molecular formula is C22H25N3O7S. The summed E-state index contributed by atoms with van der Waals surface area (Å²) in [5.41, 5.74) is 0.867. The zero-order chi connectivity index (χ0) is 23.6. The minimum Gasteiger partial charge on any atom is -0.465 e. The van der Waals surface area contributed by atoms with Crippen LogP contribution in [0, 0.1) is 5.92 Å². The van der Waals surface area contributed by atoms with Crippen LogP contribution in [-0.4, -0.2) is 57.6 Å². The van der Waals surface area contributed by atoms with Gasteiger partial charge in [0.2, 0.25) is 10.0 Å². The maximum absolute atomic E-state index is 12.8. The highest BCUT2D eigenvalue weighted by molar-refractivity contribution is 7.89. The number of furan rings is 1. The molecule has 1 aromatic heterocycles. The van der Waals surface area contributed by atoms with E-state index < -0.39 is 34.0 Å². The topological polar surface area (TPSA) is 127 Å². The average molecular weight is 476 g/mol. The largest absolute Gasteiger partial charge is 0.465 e. The maximum Gasteiger partial charge on any atom is 0.319 e. The minimum absolute atomic E-state index is 0.184. The monoisotopic (exact) mass is 475 g/mol. The van der Waals surface area contributed by atoms with Crippen molar-refractivity contribution in [2.75, 3.05) is 32.9 Å². The second kappa shape index (κ2) is 9.38. The summed E-state index contributed by atoms with van der Waals surface area (Å²) in [7, 11) is -3.60. The van der Waals surface area contributed by atoms with Gasteiger partial charge in [0.25, 0.3) is 0 Å². The van der Waals surface area contributed by atoms with E-state index in [2.05, 4.69) is 17.2 Å². The Kier molecular flexibility index (Phi) is 6.54. The van der Waals surface area contributed by atoms with Gasteiger partial charge >= 0.3 is 12.0 Å². The molecule has 0 bridgehead atoms. The fourth-order valence-corrected chi connectivity index (χ4v) is 5.24. The molecule has 0 saturated carbocycles. The van der Waals surface area contributed by atoms with E-state index in [1.807, 2.05) is 0 Å². The van der Waals surface area contributed by atoms with Crippen molar-refractivity contribution in [2.24, 2.45) is 5.92 Å². The van der Waals surface area contributed by atoms with Crippen molar-refractivity contribution in [3.63, 3.8) is 0 Å². The first-order valence-electron chi connectivity index (χ1n) is 10.5. The number of rotatable bonds is 6. The van der Waals surface area contributed by atoms with E-state index in [9.17, 15) is 18.0 Å². The predicted molar refractivity (Wildman–Crippen MR) is 117 cm³/mol. The standard InChI is InChI=1S/C22H25N3O7S/c1-3-31-21(26)19-14(2)23-22(27)24-20(19)18-9-8-17(32-18)15-4-6-16(7-5-15)33(28,29)25-10-12-30-13-11-25/h4-9,19-20H,2-3,10-13H2,1H3,(H2,23,24,27)/t19-,20-/m0/s1. The molecule has 4 rings (SSSR count). The number of nitrogens with one attached hydrogen (secondary N) is 2. The first kappa shape index (κ1) is 23.0. The molecule has 0 aliphatic carbocycles. The van der Waals surface area contributed by atoms with E-state index in [-0.39, 0.29) is 17.2 Å². The zero-order valence-electron chi connectivity index (χ0n) is 18.1. The molecule has 0 spiro atoms. The molecule has 3 heterocycles. The van der Waals surface area contributed by atoms with Crippen molar-refractivity contribution in [3.8, 4) is 11.3 Å². The normalized spacial score (nSPS) is 21.8. The smallest absolute Gasteiger partial charge is 0.319 e. The zero-order valence-corrected chi connectivity index (χ0v) is 18.9. The Balaban J connectivity index is 1.57. The lowest BCUT2D eigenvalue weighted by molar-refractivity contribution is -0.148. The van der Waals surface area contributed by atoms with Gasteiger partial charge in [-0.15, -0.1) is 0 Å². The van der Waals surface area contributed by atoms with Crippen LogP contribution >= 0.6 is 0 Å². The SMILES string of the molecule is C=C1NC(=O)N[C@@H](c2ccc(-c3ccc(S(=O)(=O)N4CCOCC4)cc3)o2)[C@H]1C(=O)OCC. The Hall–Kier alpha value is -3.15. The summed E-state index contributed by atoms with van der Waals surface area (Å²) in [5, 5.41) is 5.18. The summed E-state index contributed by atoms with van der Waals surface area (Å²) in [4.78, 5) is 24.6. The third-order valence-electron chi connectivity index (χ3n) is 5.49. The molecule has 33 heavy (non-hydrogen) atoms. The van der Waals surface area contributed by atoms with Crippen LogP contribution in [0.15, 0.2) is 58.0 Å². The van der Waals surface area contributed by atoms with Crippen molar-refractivity contribution in [2.45, 2.75) is 17.9 Å². The van der Waals surface area contributed by atoms with E-state index in [1.165, 1.54) is 16.4 Å². The molecule has 2 aliphatic rings. The highest BCUT2D eigenvalue weighted by Gasteiger charge is 2.40. The highest BCUT2D eigenvalue weighted by atomic mass is 32.2. The van der Waals surface area contributed by atoms with Gasteiger partial charge in [-0.05, 0) is 43.3 Å². The number of morpholine rings is 1. The molecular weight excluding hydrogens is 450 g/mol. The molecule has 0 unspecified atom stereocenters. The summed E-state index contributed by atoms with van der Waals surface area (Å²) in [6.07, 6.45) is 0. The number of hydrogen-bond acceptors (Lipinski definition) is 7. The molecule has 2 aromatic rings. The summed E-state index contributed by atoms with van der Waals surface area (Å²) >= 11 is 0. The van der Waals surface area contributed by atoms with Crippen LogP contribution in [-0.2, 0) is 24.3 Å². The van der Waals surface area contributed by atoms with E-state index in [0.717, 1.165) is 0 Å². The van der Waals surface area contributed by atoms with Crippen molar-refractivity contribution in [3.05, 3.63) is 54.4 Å². The Morgan fingerprint density at radius 2 is 1.88 bits per heavy atom. The Bertz CT molecular complexity index is 1150. The maximum atomic E-state index is 12.8. The molecule has 11 heteroatoms. The van der Waals surface area contributed by atoms with Gasteiger partial charge in [0, 0.05) is 24.4 Å². The van der Waals surface area contributed by atoms with Crippen LogP contribution in [0.3, 0.4) is 0 Å². The van der Waals surface area contributed by atoms with Gasteiger partial charge in [0.15, 0.2) is 0 Å². The number of nitrogens with zero attached hydrogens (tertiary/aromatic N) is 1. The third-order valence-corrected chi connectivity index (χ3v) is 7.40. The van der Waals surface area contributed by atoms with Crippen LogP contribution < -0.4 is 10.6 Å². The summed E-state index contributed by atoms with van der Waals surface area (Å²) in [5.74, 6) is -0.580. The Morgan fingerprint density at radius 1 is 1.18 bits per heavy atom. The van der Waals surface area contributed by atoms with Gasteiger partial charge in [-0.3, -0.25) is 4.79 Å². The van der Waals surface area contributed by atoms with Gasteiger partial charge < -0.3 is 24.5 Å². The lowest BCUT2D eigenvalue weighted by Gasteiger charge is -2.31. The molecule has 2 fully saturated rings. The predicted octanol–water partition coefficient (Wildman–Crippen LogP) is 2.01. The quantitative estimate of drug-likeness (QED) is 0.612. The number of benzene rings is 1. The lowest BCUT2D eigenvalue weighted by atomic mass is 9.93.